The highest BCUT2D eigenvalue weighted by molar-refractivity contribution is 5.85. The minimum Gasteiger partial charge on any atom is -0.480 e. The van der Waals surface area contributed by atoms with Crippen molar-refractivity contribution in [1.29, 1.82) is 0 Å². The fraction of sp³-hybridized carbons (Fsp3) is 0.444. The van der Waals surface area contributed by atoms with Crippen LogP contribution in [0.3, 0.4) is 0 Å². The van der Waals surface area contributed by atoms with E-state index in [4.69, 9.17) is 4.74 Å². The van der Waals surface area contributed by atoms with Gasteiger partial charge in [-0.3, -0.25) is 4.79 Å². The third kappa shape index (κ3) is 5.82. The van der Waals surface area contributed by atoms with Crippen molar-refractivity contribution in [1.82, 2.24) is 15.5 Å². The molecular formula is C27H33N3O5. The molecule has 8 heteroatoms. The van der Waals surface area contributed by atoms with Gasteiger partial charge in [0, 0.05) is 24.4 Å². The minimum absolute atomic E-state index is 0.00891. The summed E-state index contributed by atoms with van der Waals surface area (Å²) in [6, 6.07) is 15.3. The van der Waals surface area contributed by atoms with Crippen LogP contribution in [0.1, 0.15) is 42.7 Å². The van der Waals surface area contributed by atoms with Crippen molar-refractivity contribution in [2.45, 2.75) is 43.7 Å². The maximum absolute atomic E-state index is 12.6. The summed E-state index contributed by atoms with van der Waals surface area (Å²) in [4.78, 5) is 38.6. The molecule has 2 aromatic carbocycles. The Morgan fingerprint density at radius 2 is 1.66 bits per heavy atom. The van der Waals surface area contributed by atoms with Crippen molar-refractivity contribution < 1.29 is 24.2 Å². The van der Waals surface area contributed by atoms with Crippen molar-refractivity contribution >= 4 is 18.0 Å². The van der Waals surface area contributed by atoms with E-state index >= 15 is 0 Å². The van der Waals surface area contributed by atoms with E-state index in [1.54, 1.807) is 0 Å². The van der Waals surface area contributed by atoms with Gasteiger partial charge in [0.15, 0.2) is 0 Å². The normalized spacial score (nSPS) is 19.6. The number of fused-ring (bicyclic) bond motifs is 3. The van der Waals surface area contributed by atoms with Crippen molar-refractivity contribution in [2.75, 3.05) is 27.2 Å². The van der Waals surface area contributed by atoms with Crippen LogP contribution in [0.5, 0.6) is 0 Å². The number of carboxylic acids is 1. The number of alkyl carbamates (subject to hydrolysis) is 1. The molecule has 2 aromatic rings. The maximum atomic E-state index is 12.6. The van der Waals surface area contributed by atoms with Crippen molar-refractivity contribution in [3.05, 3.63) is 59.7 Å². The Labute approximate surface area is 205 Å². The number of benzene rings is 2. The van der Waals surface area contributed by atoms with Crippen LogP contribution in [0.25, 0.3) is 11.1 Å². The second-order valence-corrected chi connectivity index (χ2v) is 9.67. The van der Waals surface area contributed by atoms with Crippen molar-refractivity contribution in [3.8, 4) is 11.1 Å². The van der Waals surface area contributed by atoms with Gasteiger partial charge in [-0.25, -0.2) is 9.59 Å². The molecule has 3 atom stereocenters. The number of hydrogen-bond acceptors (Lipinski definition) is 5. The number of aliphatic carboxylic acids is 1. The number of carbonyl (C=O) groups is 3. The monoisotopic (exact) mass is 479 g/mol. The highest BCUT2D eigenvalue weighted by atomic mass is 16.5. The van der Waals surface area contributed by atoms with E-state index in [-0.39, 0.29) is 30.4 Å². The Kier molecular flexibility index (Phi) is 7.70. The molecule has 8 nitrogen and oxygen atoms in total. The first kappa shape index (κ1) is 24.7. The second kappa shape index (κ2) is 10.9. The van der Waals surface area contributed by atoms with Gasteiger partial charge in [-0.1, -0.05) is 48.5 Å². The molecule has 4 rings (SSSR count). The molecule has 2 aliphatic rings. The fourth-order valence-electron chi connectivity index (χ4n) is 5.09. The van der Waals surface area contributed by atoms with Gasteiger partial charge in [-0.2, -0.15) is 0 Å². The summed E-state index contributed by atoms with van der Waals surface area (Å²) in [7, 11) is 3.72. The molecule has 0 aromatic heterocycles. The third-order valence-electron chi connectivity index (χ3n) is 6.95. The van der Waals surface area contributed by atoms with Gasteiger partial charge in [0.2, 0.25) is 5.91 Å². The Bertz CT molecular complexity index is 1040. The molecule has 2 aliphatic carbocycles. The van der Waals surface area contributed by atoms with Crippen molar-refractivity contribution in [2.24, 2.45) is 5.92 Å². The van der Waals surface area contributed by atoms with Gasteiger partial charge < -0.3 is 25.4 Å². The SMILES string of the molecule is CN(C)CCC(NC(=O)C1CCC(NC(=O)OCC2c3ccccc3-c3ccccc32)C1)C(=O)O. The highest BCUT2D eigenvalue weighted by Crippen LogP contribution is 2.44. The lowest BCUT2D eigenvalue weighted by Gasteiger charge is -2.19. The summed E-state index contributed by atoms with van der Waals surface area (Å²) >= 11 is 0. The molecule has 0 spiro atoms. The average molecular weight is 480 g/mol. The van der Waals surface area contributed by atoms with Crippen LogP contribution in [0.2, 0.25) is 0 Å². The molecule has 186 valence electrons. The lowest BCUT2D eigenvalue weighted by Crippen LogP contribution is -2.45. The van der Waals surface area contributed by atoms with Crippen LogP contribution < -0.4 is 10.6 Å². The van der Waals surface area contributed by atoms with Crippen molar-refractivity contribution in [3.63, 3.8) is 0 Å². The molecule has 3 N–H and O–H groups in total. The Morgan fingerprint density at radius 1 is 1.03 bits per heavy atom. The van der Waals surface area contributed by atoms with E-state index in [1.807, 2.05) is 43.3 Å². The van der Waals surface area contributed by atoms with Gasteiger partial charge in [-0.05, 0) is 62.0 Å². The Morgan fingerprint density at radius 3 is 2.26 bits per heavy atom. The van der Waals surface area contributed by atoms with E-state index in [0.29, 0.717) is 32.2 Å². The summed E-state index contributed by atoms with van der Waals surface area (Å²) in [6.07, 6.45) is 1.56. The van der Waals surface area contributed by atoms with Crippen LogP contribution in [-0.4, -0.2) is 67.3 Å². The van der Waals surface area contributed by atoms with E-state index in [2.05, 4.69) is 34.9 Å². The largest absolute Gasteiger partial charge is 0.480 e. The molecule has 2 amide bonds. The van der Waals surface area contributed by atoms with Gasteiger partial charge in [0.05, 0.1) is 0 Å². The average Bonchev–Trinajstić information content (AvgIpc) is 3.43. The number of hydrogen-bond donors (Lipinski definition) is 3. The molecule has 35 heavy (non-hydrogen) atoms. The first-order valence-corrected chi connectivity index (χ1v) is 12.1. The van der Waals surface area contributed by atoms with E-state index in [9.17, 15) is 19.5 Å². The summed E-state index contributed by atoms with van der Waals surface area (Å²) in [6.45, 7) is 0.802. The van der Waals surface area contributed by atoms with Crippen LogP contribution in [0, 0.1) is 5.92 Å². The van der Waals surface area contributed by atoms with E-state index < -0.39 is 18.1 Å². The lowest BCUT2D eigenvalue weighted by atomic mass is 9.98. The topological polar surface area (TPSA) is 108 Å². The highest BCUT2D eigenvalue weighted by Gasteiger charge is 2.34. The minimum atomic E-state index is -1.04. The molecule has 3 unspecified atom stereocenters. The number of amides is 2. The predicted molar refractivity (Wildman–Crippen MR) is 132 cm³/mol. The number of ether oxygens (including phenoxy) is 1. The van der Waals surface area contributed by atoms with Gasteiger partial charge in [0.1, 0.15) is 12.6 Å². The molecule has 0 bridgehead atoms. The molecule has 0 heterocycles. The third-order valence-corrected chi connectivity index (χ3v) is 6.95. The standard InChI is InChI=1S/C27H33N3O5/c1-30(2)14-13-24(26(32)33)29-25(31)17-11-12-18(15-17)28-27(34)35-16-23-21-9-5-3-7-19(21)20-8-4-6-10-22(20)23/h3-10,17-18,23-24H,11-16H2,1-2H3,(H,28,34)(H,29,31)(H,32,33). The number of carboxylic acid groups (broad SMARTS) is 1. The first-order valence-electron chi connectivity index (χ1n) is 12.1. The summed E-state index contributed by atoms with van der Waals surface area (Å²) in [5, 5.41) is 15.0. The Hall–Kier alpha value is -3.39. The molecular weight excluding hydrogens is 446 g/mol. The van der Waals surface area contributed by atoms with Crippen LogP contribution >= 0.6 is 0 Å². The quantitative estimate of drug-likeness (QED) is 0.510. The molecule has 0 aliphatic heterocycles. The van der Waals surface area contributed by atoms with Crippen LogP contribution in [-0.2, 0) is 14.3 Å². The predicted octanol–water partition coefficient (Wildman–Crippen LogP) is 3.21. The smallest absolute Gasteiger partial charge is 0.407 e. The fourth-order valence-corrected chi connectivity index (χ4v) is 5.09. The van der Waals surface area contributed by atoms with Gasteiger partial charge in [0.25, 0.3) is 0 Å². The molecule has 1 saturated carbocycles. The maximum Gasteiger partial charge on any atom is 0.407 e. The number of nitrogens with one attached hydrogen (secondary N) is 2. The van der Waals surface area contributed by atoms with Crippen LogP contribution in [0.15, 0.2) is 48.5 Å². The van der Waals surface area contributed by atoms with Crippen LogP contribution in [0.4, 0.5) is 4.79 Å². The first-order chi connectivity index (χ1) is 16.8. The van der Waals surface area contributed by atoms with Gasteiger partial charge in [-0.15, -0.1) is 0 Å². The zero-order valence-electron chi connectivity index (χ0n) is 20.2. The Balaban J connectivity index is 1.27. The van der Waals surface area contributed by atoms with E-state index in [0.717, 1.165) is 11.1 Å². The number of carbonyl (C=O) groups excluding carboxylic acids is 2. The zero-order valence-corrected chi connectivity index (χ0v) is 20.2. The number of rotatable bonds is 9. The lowest BCUT2D eigenvalue weighted by molar-refractivity contribution is -0.142. The molecule has 1 fully saturated rings. The van der Waals surface area contributed by atoms with Gasteiger partial charge >= 0.3 is 12.1 Å². The molecule has 0 saturated heterocycles. The summed E-state index contributed by atoms with van der Waals surface area (Å²) in [5.74, 6) is -1.64. The second-order valence-electron chi connectivity index (χ2n) is 9.67. The van der Waals surface area contributed by atoms with E-state index in [1.165, 1.54) is 11.1 Å². The summed E-state index contributed by atoms with van der Waals surface area (Å²) in [5.41, 5.74) is 4.65. The molecule has 0 radical (unpaired) electrons. The zero-order chi connectivity index (χ0) is 24.9. The summed E-state index contributed by atoms with van der Waals surface area (Å²) < 4.78 is 5.61. The number of nitrogens with zero attached hydrogens (tertiary/aromatic N) is 1.